The topological polar surface area (TPSA) is 47.9 Å². The molecule has 2 aromatic rings. The third-order valence-electron chi connectivity index (χ3n) is 6.86. The lowest BCUT2D eigenvalue weighted by molar-refractivity contribution is 0.0678. The Bertz CT molecular complexity index is 1100. The lowest BCUT2D eigenvalue weighted by Crippen LogP contribution is -2.34. The predicted molar refractivity (Wildman–Crippen MR) is 175 cm³/mol. The van der Waals surface area contributed by atoms with Crippen molar-refractivity contribution in [1.29, 1.82) is 0 Å². The van der Waals surface area contributed by atoms with Crippen LogP contribution < -0.4 is 4.74 Å². The van der Waals surface area contributed by atoms with Crippen molar-refractivity contribution in [2.24, 2.45) is 0 Å². The normalized spacial score (nSPS) is 14.3. The maximum atomic E-state index is 10.0. The van der Waals surface area contributed by atoms with Gasteiger partial charge in [-0.3, -0.25) is 0 Å². The Morgan fingerprint density at radius 3 is 1.83 bits per heavy atom. The van der Waals surface area contributed by atoms with Crippen molar-refractivity contribution in [3.63, 3.8) is 0 Å². The van der Waals surface area contributed by atoms with Gasteiger partial charge in [-0.25, -0.2) is 0 Å². The second kappa shape index (κ2) is 13.9. The Hall–Kier alpha value is -1.45. The van der Waals surface area contributed by atoms with Gasteiger partial charge >= 0.3 is 0 Å². The summed E-state index contributed by atoms with van der Waals surface area (Å²) >= 11 is 0. The molecule has 1 N–H and O–H groups in total. The summed E-state index contributed by atoms with van der Waals surface area (Å²) < 4.78 is 19.5. The Balaban J connectivity index is 2.28. The van der Waals surface area contributed by atoms with E-state index in [0.717, 1.165) is 41.7 Å². The SMILES string of the molecule is CC(CCCC(C)(C)O)c1cccc(COc2ccc(C(C)(C)O[Si]C(C)(C)C)c(C(C)(C)O[Si]C(C)(C)C)c2)c1. The third kappa shape index (κ3) is 12.8. The first-order valence-electron chi connectivity index (χ1n) is 15.1. The predicted octanol–water partition coefficient (Wildman–Crippen LogP) is 9.49. The molecule has 0 bridgehead atoms. The van der Waals surface area contributed by atoms with Gasteiger partial charge in [0.2, 0.25) is 19.5 Å². The van der Waals surface area contributed by atoms with E-state index in [0.29, 0.717) is 32.1 Å². The van der Waals surface area contributed by atoms with Crippen LogP contribution in [0.25, 0.3) is 0 Å². The van der Waals surface area contributed by atoms with Gasteiger partial charge in [-0.2, -0.15) is 0 Å². The third-order valence-corrected chi connectivity index (χ3v) is 9.31. The summed E-state index contributed by atoms with van der Waals surface area (Å²) in [4.78, 5) is 0. The summed E-state index contributed by atoms with van der Waals surface area (Å²) in [5, 5.41) is 10.2. The van der Waals surface area contributed by atoms with E-state index in [1.54, 1.807) is 0 Å². The fourth-order valence-corrected chi connectivity index (χ4v) is 5.81. The summed E-state index contributed by atoms with van der Waals surface area (Å²) in [7, 11) is 0.743. The molecule has 0 saturated carbocycles. The van der Waals surface area contributed by atoms with Crippen LogP contribution in [0.15, 0.2) is 42.5 Å². The van der Waals surface area contributed by atoms with E-state index in [4.69, 9.17) is 13.6 Å². The Kier molecular flexibility index (Phi) is 12.1. The Morgan fingerprint density at radius 1 is 0.732 bits per heavy atom. The molecule has 0 saturated heterocycles. The molecule has 1 unspecified atom stereocenters. The zero-order chi connectivity index (χ0) is 31.3. The standard InChI is InChI=1S/C35H56O4Si2/c1-25(16-15-21-33(8,9)36)27-18-14-17-26(22-27)24-37-28-19-20-29(34(10,11)38-40-31(2,3)4)30(23-28)35(12,13)39-41-32(5,6)7/h14,17-20,22-23,25,36H,15-16,21,24H2,1-13H3. The molecule has 0 aliphatic carbocycles. The fourth-order valence-electron chi connectivity index (χ4n) is 4.47. The van der Waals surface area contributed by atoms with E-state index in [-0.39, 0.29) is 10.1 Å². The minimum atomic E-state index is -0.606. The van der Waals surface area contributed by atoms with Gasteiger partial charge in [-0.05, 0) is 105 Å². The molecule has 4 nitrogen and oxygen atoms in total. The number of hydrogen-bond acceptors (Lipinski definition) is 4. The first-order chi connectivity index (χ1) is 18.6. The lowest BCUT2D eigenvalue weighted by Gasteiger charge is -2.37. The van der Waals surface area contributed by atoms with E-state index in [9.17, 15) is 5.11 Å². The molecule has 2 aromatic carbocycles. The molecule has 228 valence electrons. The van der Waals surface area contributed by atoms with Gasteiger partial charge in [0.15, 0.2) is 0 Å². The number of rotatable bonds is 14. The van der Waals surface area contributed by atoms with Gasteiger partial charge in [-0.1, -0.05) is 85.2 Å². The maximum absolute atomic E-state index is 10.0. The summed E-state index contributed by atoms with van der Waals surface area (Å²) in [5.41, 5.74) is 3.11. The molecule has 1 atom stereocenters. The highest BCUT2D eigenvalue weighted by molar-refractivity contribution is 6.32. The van der Waals surface area contributed by atoms with Crippen LogP contribution in [0.4, 0.5) is 0 Å². The molecular weight excluding hydrogens is 541 g/mol. The molecule has 0 spiro atoms. The van der Waals surface area contributed by atoms with Gasteiger partial charge in [0.1, 0.15) is 12.4 Å². The zero-order valence-electron chi connectivity index (χ0n) is 28.1. The van der Waals surface area contributed by atoms with Crippen LogP contribution in [-0.4, -0.2) is 30.2 Å². The molecular formula is C35H56O4Si2. The summed E-state index contributed by atoms with van der Waals surface area (Å²) in [5.74, 6) is 1.26. The fraction of sp³-hybridized carbons (Fsp3) is 0.657. The highest BCUT2D eigenvalue weighted by atomic mass is 28.2. The molecule has 0 aliphatic heterocycles. The maximum Gasteiger partial charge on any atom is 0.236 e. The van der Waals surface area contributed by atoms with Crippen molar-refractivity contribution in [2.75, 3.05) is 0 Å². The first kappa shape index (κ1) is 35.7. The highest BCUT2D eigenvalue weighted by Crippen LogP contribution is 2.40. The monoisotopic (exact) mass is 596 g/mol. The molecule has 41 heavy (non-hydrogen) atoms. The molecule has 2 rings (SSSR count). The molecule has 0 heterocycles. The van der Waals surface area contributed by atoms with Crippen LogP contribution in [0.5, 0.6) is 5.75 Å². The van der Waals surface area contributed by atoms with Gasteiger partial charge in [-0.15, -0.1) is 0 Å². The quantitative estimate of drug-likeness (QED) is 0.221. The molecule has 4 radical (unpaired) electrons. The second-order valence-electron chi connectivity index (χ2n) is 15.3. The van der Waals surface area contributed by atoms with Crippen molar-refractivity contribution in [2.45, 2.75) is 149 Å². The Morgan fingerprint density at radius 2 is 1.29 bits per heavy atom. The number of hydrogen-bond donors (Lipinski definition) is 1. The van der Waals surface area contributed by atoms with Crippen LogP contribution >= 0.6 is 0 Å². The van der Waals surface area contributed by atoms with E-state index in [1.165, 1.54) is 5.56 Å². The van der Waals surface area contributed by atoms with Crippen LogP contribution in [0.2, 0.25) is 10.1 Å². The average molecular weight is 597 g/mol. The highest BCUT2D eigenvalue weighted by Gasteiger charge is 2.34. The van der Waals surface area contributed by atoms with E-state index < -0.39 is 16.8 Å². The van der Waals surface area contributed by atoms with Crippen LogP contribution in [0, 0.1) is 0 Å². The van der Waals surface area contributed by atoms with Crippen LogP contribution in [-0.2, 0) is 26.7 Å². The van der Waals surface area contributed by atoms with Gasteiger partial charge in [0, 0.05) is 0 Å². The molecule has 0 aliphatic rings. The first-order valence-corrected chi connectivity index (χ1v) is 16.9. The van der Waals surface area contributed by atoms with Gasteiger partial charge in [0.25, 0.3) is 0 Å². The average Bonchev–Trinajstić information content (AvgIpc) is 2.83. The summed E-state index contributed by atoms with van der Waals surface area (Å²) in [6, 6.07) is 15.1. The largest absolute Gasteiger partial charge is 0.489 e. The van der Waals surface area contributed by atoms with E-state index in [1.807, 2.05) is 13.8 Å². The smallest absolute Gasteiger partial charge is 0.236 e. The van der Waals surface area contributed by atoms with Crippen LogP contribution in [0.3, 0.4) is 0 Å². The van der Waals surface area contributed by atoms with Crippen molar-refractivity contribution in [1.82, 2.24) is 0 Å². The van der Waals surface area contributed by atoms with E-state index >= 15 is 0 Å². The molecule has 0 aromatic heterocycles. The summed E-state index contributed by atoms with van der Waals surface area (Å²) in [6.07, 6.45) is 2.87. The Labute approximate surface area is 256 Å². The van der Waals surface area contributed by atoms with Crippen molar-refractivity contribution in [3.05, 3.63) is 64.7 Å². The molecule has 0 fully saturated rings. The minimum Gasteiger partial charge on any atom is -0.489 e. The summed E-state index contributed by atoms with van der Waals surface area (Å²) in [6.45, 7) is 28.4. The number of benzene rings is 2. The van der Waals surface area contributed by atoms with Crippen LogP contribution in [0.1, 0.15) is 137 Å². The molecule has 0 amide bonds. The minimum absolute atomic E-state index is 0.0850. The number of ether oxygens (including phenoxy) is 1. The van der Waals surface area contributed by atoms with E-state index in [2.05, 4.69) is 119 Å². The second-order valence-corrected chi connectivity index (χ2v) is 19.1. The van der Waals surface area contributed by atoms with Crippen molar-refractivity contribution in [3.8, 4) is 5.75 Å². The lowest BCUT2D eigenvalue weighted by atomic mass is 9.85. The number of aliphatic hydroxyl groups is 1. The van der Waals surface area contributed by atoms with Crippen molar-refractivity contribution < 1.29 is 18.7 Å². The van der Waals surface area contributed by atoms with Gasteiger partial charge in [0.05, 0.1) is 16.8 Å². The van der Waals surface area contributed by atoms with Crippen molar-refractivity contribution >= 4 is 19.5 Å². The molecule has 6 heteroatoms. The zero-order valence-corrected chi connectivity index (χ0v) is 30.1. The van der Waals surface area contributed by atoms with Gasteiger partial charge < -0.3 is 18.7 Å².